The van der Waals surface area contributed by atoms with Gasteiger partial charge in [0, 0.05) is 25.8 Å². The van der Waals surface area contributed by atoms with Crippen molar-refractivity contribution in [2.45, 2.75) is 6.54 Å². The van der Waals surface area contributed by atoms with Gasteiger partial charge in [0.1, 0.15) is 0 Å². The molecule has 8 nitrogen and oxygen atoms in total. The number of amides is 2. The fourth-order valence-corrected chi connectivity index (χ4v) is 1.67. The first-order chi connectivity index (χ1) is 9.58. The zero-order valence-electron chi connectivity index (χ0n) is 11.6. The molecule has 1 heterocycles. The number of rotatable bonds is 8. The van der Waals surface area contributed by atoms with E-state index < -0.39 is 5.91 Å². The minimum atomic E-state index is -0.497. The third-order valence-corrected chi connectivity index (χ3v) is 2.57. The maximum absolute atomic E-state index is 11.6. The molecule has 0 spiro atoms. The number of nitrogen functional groups attached to an aromatic ring is 1. The number of likely N-dealkylation sites (N-methyl/N-ethyl adjacent to an activating group) is 1. The van der Waals surface area contributed by atoms with Gasteiger partial charge in [0.15, 0.2) is 5.76 Å². The van der Waals surface area contributed by atoms with Crippen LogP contribution in [0.2, 0.25) is 0 Å². The van der Waals surface area contributed by atoms with Crippen molar-refractivity contribution in [3.63, 3.8) is 0 Å². The molecule has 2 amide bonds. The molecule has 0 aliphatic heterocycles. The third-order valence-electron chi connectivity index (χ3n) is 2.57. The summed E-state index contributed by atoms with van der Waals surface area (Å²) < 4.78 is 9.91. The van der Waals surface area contributed by atoms with E-state index in [1.54, 1.807) is 25.1 Å². The number of carbonyl (C=O) groups is 2. The van der Waals surface area contributed by atoms with Crippen molar-refractivity contribution in [1.82, 2.24) is 15.6 Å². The van der Waals surface area contributed by atoms with Crippen LogP contribution in [0.25, 0.3) is 0 Å². The highest BCUT2D eigenvalue weighted by Gasteiger charge is 2.16. The van der Waals surface area contributed by atoms with Crippen molar-refractivity contribution in [3.05, 3.63) is 23.7 Å². The molecular formula is C12H20N4O4. The van der Waals surface area contributed by atoms with Gasteiger partial charge in [-0.25, -0.2) is 5.84 Å². The zero-order valence-corrected chi connectivity index (χ0v) is 11.6. The molecule has 0 radical (unpaired) electrons. The smallest absolute Gasteiger partial charge is 0.301 e. The number of nitrogens with one attached hydrogen (secondary N) is 2. The van der Waals surface area contributed by atoms with Crippen LogP contribution in [-0.4, -0.2) is 50.6 Å². The molecule has 0 atom stereocenters. The van der Waals surface area contributed by atoms with E-state index in [1.165, 1.54) is 6.26 Å². The first kappa shape index (κ1) is 16.2. The van der Waals surface area contributed by atoms with E-state index in [2.05, 4.69) is 5.32 Å². The predicted molar refractivity (Wildman–Crippen MR) is 71.6 cm³/mol. The Morgan fingerprint density at radius 2 is 2.25 bits per heavy atom. The first-order valence-corrected chi connectivity index (χ1v) is 6.10. The van der Waals surface area contributed by atoms with E-state index in [0.717, 1.165) is 0 Å². The summed E-state index contributed by atoms with van der Waals surface area (Å²) in [5, 5.41) is 2.71. The molecule has 0 fully saturated rings. The summed E-state index contributed by atoms with van der Waals surface area (Å²) in [6, 6.07) is 1.67. The van der Waals surface area contributed by atoms with E-state index in [0.29, 0.717) is 25.3 Å². The largest absolute Gasteiger partial charge is 0.459 e. The second-order valence-corrected chi connectivity index (χ2v) is 4.26. The lowest BCUT2D eigenvalue weighted by Crippen LogP contribution is -2.36. The molecule has 1 aromatic heterocycles. The predicted octanol–water partition coefficient (Wildman–Crippen LogP) is -0.922. The Labute approximate surface area is 117 Å². The molecule has 0 unspecified atom stereocenters. The highest BCUT2D eigenvalue weighted by Crippen LogP contribution is 2.12. The van der Waals surface area contributed by atoms with E-state index in [9.17, 15) is 9.59 Å². The lowest BCUT2D eigenvalue weighted by atomic mass is 10.2. The van der Waals surface area contributed by atoms with Crippen molar-refractivity contribution in [1.29, 1.82) is 0 Å². The zero-order chi connectivity index (χ0) is 15.0. The molecule has 20 heavy (non-hydrogen) atoms. The average Bonchev–Trinajstić information content (AvgIpc) is 2.86. The summed E-state index contributed by atoms with van der Waals surface area (Å²) in [5.41, 5.74) is 2.68. The molecule has 1 rings (SSSR count). The van der Waals surface area contributed by atoms with Gasteiger partial charge < -0.3 is 14.5 Å². The number of hydrogen-bond acceptors (Lipinski definition) is 6. The van der Waals surface area contributed by atoms with Gasteiger partial charge in [-0.15, -0.1) is 0 Å². The van der Waals surface area contributed by atoms with E-state index in [4.69, 9.17) is 15.0 Å². The fraction of sp³-hybridized carbons (Fsp3) is 0.500. The van der Waals surface area contributed by atoms with Gasteiger partial charge in [-0.2, -0.15) is 0 Å². The normalized spacial score (nSPS) is 10.6. The van der Waals surface area contributed by atoms with Crippen LogP contribution in [0, 0.1) is 0 Å². The summed E-state index contributed by atoms with van der Waals surface area (Å²) in [4.78, 5) is 24.8. The van der Waals surface area contributed by atoms with Gasteiger partial charge in [0.2, 0.25) is 5.91 Å². The molecule has 0 aliphatic carbocycles. The standard InChI is InChI=1S/C12H20N4O4/c1-16(8-10(17)14-4-6-19-2)7-9-3-5-20-11(9)12(18)15-13/h3,5H,4,6-8,13H2,1-2H3,(H,14,17)(H,15,18). The van der Waals surface area contributed by atoms with Crippen molar-refractivity contribution < 1.29 is 18.7 Å². The molecule has 0 aromatic carbocycles. The molecule has 8 heteroatoms. The number of nitrogens with two attached hydrogens (primary N) is 1. The summed E-state index contributed by atoms with van der Waals surface area (Å²) >= 11 is 0. The SMILES string of the molecule is COCCNC(=O)CN(C)Cc1ccoc1C(=O)NN. The van der Waals surface area contributed by atoms with Crippen molar-refractivity contribution in [2.24, 2.45) is 5.84 Å². The second kappa shape index (κ2) is 8.31. The van der Waals surface area contributed by atoms with Gasteiger partial charge in [0.05, 0.1) is 19.4 Å². The first-order valence-electron chi connectivity index (χ1n) is 6.10. The van der Waals surface area contributed by atoms with Crippen LogP contribution in [0.1, 0.15) is 16.1 Å². The number of carbonyl (C=O) groups excluding carboxylic acids is 2. The highest BCUT2D eigenvalue weighted by molar-refractivity contribution is 5.92. The second-order valence-electron chi connectivity index (χ2n) is 4.26. The molecule has 4 N–H and O–H groups in total. The van der Waals surface area contributed by atoms with Crippen LogP contribution >= 0.6 is 0 Å². The summed E-state index contributed by atoms with van der Waals surface area (Å²) in [6.45, 7) is 1.54. The van der Waals surface area contributed by atoms with Gasteiger partial charge in [-0.1, -0.05) is 0 Å². The lowest BCUT2D eigenvalue weighted by molar-refractivity contribution is -0.122. The van der Waals surface area contributed by atoms with Crippen LogP contribution in [0.3, 0.4) is 0 Å². The number of ether oxygens (including phenoxy) is 1. The highest BCUT2D eigenvalue weighted by atomic mass is 16.5. The number of hydrazine groups is 1. The van der Waals surface area contributed by atoms with Crippen LogP contribution < -0.4 is 16.6 Å². The minimum Gasteiger partial charge on any atom is -0.459 e. The van der Waals surface area contributed by atoms with Crippen LogP contribution in [0.4, 0.5) is 0 Å². The summed E-state index contributed by atoms with van der Waals surface area (Å²) in [7, 11) is 3.34. The maximum atomic E-state index is 11.6. The molecule has 112 valence electrons. The van der Waals surface area contributed by atoms with Crippen LogP contribution in [0.15, 0.2) is 16.7 Å². The molecule has 0 bridgehead atoms. The molecule has 0 saturated heterocycles. The molecular weight excluding hydrogens is 264 g/mol. The Morgan fingerprint density at radius 1 is 1.50 bits per heavy atom. The Balaban J connectivity index is 2.46. The van der Waals surface area contributed by atoms with E-state index in [1.807, 2.05) is 5.43 Å². The van der Waals surface area contributed by atoms with Crippen LogP contribution in [0.5, 0.6) is 0 Å². The number of furan rings is 1. The van der Waals surface area contributed by atoms with Gasteiger partial charge in [0.25, 0.3) is 0 Å². The van der Waals surface area contributed by atoms with Gasteiger partial charge in [-0.05, 0) is 13.1 Å². The van der Waals surface area contributed by atoms with Crippen molar-refractivity contribution >= 4 is 11.8 Å². The fourth-order valence-electron chi connectivity index (χ4n) is 1.67. The Morgan fingerprint density at radius 3 is 2.90 bits per heavy atom. The lowest BCUT2D eigenvalue weighted by Gasteiger charge is -2.15. The maximum Gasteiger partial charge on any atom is 0.301 e. The number of nitrogens with zero attached hydrogens (tertiary/aromatic N) is 1. The Bertz CT molecular complexity index is 446. The van der Waals surface area contributed by atoms with Gasteiger partial charge in [-0.3, -0.25) is 19.9 Å². The minimum absolute atomic E-state index is 0.113. The average molecular weight is 284 g/mol. The van der Waals surface area contributed by atoms with E-state index >= 15 is 0 Å². The third kappa shape index (κ3) is 5.00. The van der Waals surface area contributed by atoms with Gasteiger partial charge >= 0.3 is 5.91 Å². The van der Waals surface area contributed by atoms with Crippen molar-refractivity contribution in [3.8, 4) is 0 Å². The Kier molecular flexibility index (Phi) is 6.71. The summed E-state index contributed by atoms with van der Waals surface area (Å²) in [6.07, 6.45) is 1.41. The van der Waals surface area contributed by atoms with Crippen molar-refractivity contribution in [2.75, 3.05) is 33.9 Å². The summed E-state index contributed by atoms with van der Waals surface area (Å²) in [5.74, 6) is 4.60. The topological polar surface area (TPSA) is 110 Å². The quantitative estimate of drug-likeness (QED) is 0.246. The monoisotopic (exact) mass is 284 g/mol. The number of hydrogen-bond donors (Lipinski definition) is 3. The van der Waals surface area contributed by atoms with Crippen LogP contribution in [-0.2, 0) is 16.1 Å². The molecule has 0 aliphatic rings. The van der Waals surface area contributed by atoms with E-state index in [-0.39, 0.29) is 18.2 Å². The molecule has 1 aromatic rings. The number of methoxy groups -OCH3 is 1. The Hall–Kier alpha value is -1.90. The molecule has 0 saturated carbocycles.